The van der Waals surface area contributed by atoms with Crippen LogP contribution in [-0.2, 0) is 4.74 Å². The number of ether oxygens (including phenoxy) is 2. The lowest BCUT2D eigenvalue weighted by molar-refractivity contribution is 0.0526. The second-order valence-electron chi connectivity index (χ2n) is 6.88. The van der Waals surface area contributed by atoms with Gasteiger partial charge in [0.15, 0.2) is 6.17 Å². The van der Waals surface area contributed by atoms with Crippen LogP contribution in [0.2, 0.25) is 0 Å². The van der Waals surface area contributed by atoms with E-state index >= 15 is 0 Å². The first-order valence-electron chi connectivity index (χ1n) is 10.2. The molecule has 0 bridgehead atoms. The molecule has 0 fully saturated rings. The molecule has 1 atom stereocenters. The topological polar surface area (TPSA) is 80.8 Å². The summed E-state index contributed by atoms with van der Waals surface area (Å²) in [5.74, 6) is 0.244. The zero-order valence-corrected chi connectivity index (χ0v) is 17.4. The maximum absolute atomic E-state index is 13.2. The number of anilines is 2. The average Bonchev–Trinajstić information content (AvgIpc) is 3.07. The summed E-state index contributed by atoms with van der Waals surface area (Å²) in [7, 11) is 0. The highest BCUT2D eigenvalue weighted by atomic mass is 16.5. The zero-order chi connectivity index (χ0) is 21.8. The third-order valence-corrected chi connectivity index (χ3v) is 4.93. The first kappa shape index (κ1) is 20.4. The Morgan fingerprint density at radius 3 is 2.45 bits per heavy atom. The smallest absolute Gasteiger partial charge is 0.338 e. The third-order valence-electron chi connectivity index (χ3n) is 4.93. The fraction of sp³-hybridized carbons (Fsp3) is 0.208. The highest BCUT2D eigenvalue weighted by molar-refractivity contribution is 6.11. The van der Waals surface area contributed by atoms with Gasteiger partial charge in [0.1, 0.15) is 5.75 Å². The van der Waals surface area contributed by atoms with Crippen molar-refractivity contribution in [2.24, 2.45) is 0 Å². The van der Waals surface area contributed by atoms with Crippen LogP contribution in [0.1, 0.15) is 46.4 Å². The predicted molar refractivity (Wildman–Crippen MR) is 117 cm³/mol. The van der Waals surface area contributed by atoms with Gasteiger partial charge in [-0.1, -0.05) is 0 Å². The van der Waals surface area contributed by atoms with Gasteiger partial charge in [-0.3, -0.25) is 14.7 Å². The molecule has 0 saturated carbocycles. The highest BCUT2D eigenvalue weighted by Crippen LogP contribution is 2.37. The van der Waals surface area contributed by atoms with E-state index in [2.05, 4.69) is 10.3 Å². The molecule has 158 valence electrons. The molecule has 0 radical (unpaired) electrons. The van der Waals surface area contributed by atoms with E-state index in [0.717, 1.165) is 17.1 Å². The van der Waals surface area contributed by atoms with Crippen molar-refractivity contribution in [3.05, 3.63) is 83.7 Å². The lowest BCUT2D eigenvalue weighted by atomic mass is 10.2. The maximum atomic E-state index is 13.2. The van der Waals surface area contributed by atoms with Crippen molar-refractivity contribution in [1.82, 2.24) is 4.98 Å². The fourth-order valence-corrected chi connectivity index (χ4v) is 3.53. The average molecular weight is 417 g/mol. The Morgan fingerprint density at radius 2 is 1.77 bits per heavy atom. The first-order valence-corrected chi connectivity index (χ1v) is 10.2. The molecule has 0 unspecified atom stereocenters. The van der Waals surface area contributed by atoms with E-state index in [0.29, 0.717) is 30.0 Å². The lowest BCUT2D eigenvalue weighted by Crippen LogP contribution is -2.32. The van der Waals surface area contributed by atoms with Crippen LogP contribution >= 0.6 is 0 Å². The number of carbonyl (C=O) groups is 2. The molecule has 0 saturated heterocycles. The minimum Gasteiger partial charge on any atom is -0.494 e. The number of rotatable bonds is 7. The number of esters is 1. The number of nitrogens with zero attached hydrogens (tertiary/aromatic N) is 2. The first-order chi connectivity index (χ1) is 15.1. The normalized spacial score (nSPS) is 14.8. The quantitative estimate of drug-likeness (QED) is 0.573. The molecule has 3 aromatic rings. The largest absolute Gasteiger partial charge is 0.494 e. The number of fused-ring (bicyclic) bond motifs is 1. The van der Waals surface area contributed by atoms with Gasteiger partial charge in [-0.25, -0.2) is 4.79 Å². The summed E-state index contributed by atoms with van der Waals surface area (Å²) in [5, 5.41) is 3.37. The van der Waals surface area contributed by atoms with E-state index in [1.807, 2.05) is 31.2 Å². The van der Waals surface area contributed by atoms with Gasteiger partial charge in [0.25, 0.3) is 5.91 Å². The molecule has 1 aliphatic heterocycles. The van der Waals surface area contributed by atoms with Gasteiger partial charge >= 0.3 is 5.97 Å². The van der Waals surface area contributed by atoms with Crippen LogP contribution in [0.25, 0.3) is 0 Å². The van der Waals surface area contributed by atoms with Crippen LogP contribution in [0.5, 0.6) is 5.75 Å². The molecule has 2 aromatic carbocycles. The molecule has 1 aromatic heterocycles. The molecule has 7 nitrogen and oxygen atoms in total. The van der Waals surface area contributed by atoms with E-state index < -0.39 is 6.17 Å². The van der Waals surface area contributed by atoms with Crippen molar-refractivity contribution >= 4 is 23.3 Å². The Hall–Kier alpha value is -3.87. The standard InChI is InChI=1S/C24H23N3O4/c1-3-30-19-13-11-18(12-14-19)27-22(21-20(23(27)28)6-5-15-25-21)26-17-9-7-16(8-10-17)24(29)31-4-2/h5-15,22,26H,3-4H2,1-2H3/t22-/m1/s1. The van der Waals surface area contributed by atoms with Crippen molar-refractivity contribution in [2.45, 2.75) is 20.0 Å². The van der Waals surface area contributed by atoms with Crippen LogP contribution < -0.4 is 15.0 Å². The minimum atomic E-state index is -0.491. The summed E-state index contributed by atoms with van der Waals surface area (Å²) in [4.78, 5) is 31.2. The van der Waals surface area contributed by atoms with Crippen LogP contribution in [-0.4, -0.2) is 30.1 Å². The monoisotopic (exact) mass is 417 g/mol. The summed E-state index contributed by atoms with van der Waals surface area (Å²) >= 11 is 0. The lowest BCUT2D eigenvalue weighted by Gasteiger charge is -2.26. The molecule has 0 spiro atoms. The number of amides is 1. The minimum absolute atomic E-state index is 0.132. The van der Waals surface area contributed by atoms with Crippen molar-refractivity contribution in [2.75, 3.05) is 23.4 Å². The van der Waals surface area contributed by atoms with Crippen LogP contribution in [0.4, 0.5) is 11.4 Å². The van der Waals surface area contributed by atoms with Gasteiger partial charge in [-0.2, -0.15) is 0 Å². The molecule has 2 heterocycles. The Labute approximate surface area is 180 Å². The molecule has 1 amide bonds. The second kappa shape index (κ2) is 8.87. The van der Waals surface area contributed by atoms with Gasteiger partial charge in [0, 0.05) is 17.6 Å². The summed E-state index contributed by atoms with van der Waals surface area (Å²) < 4.78 is 10.5. The Kier molecular flexibility index (Phi) is 5.84. The number of aromatic nitrogens is 1. The van der Waals surface area contributed by atoms with Gasteiger partial charge in [-0.05, 0) is 74.5 Å². The SMILES string of the molecule is CCOC(=O)c1ccc(N[C@H]2c3ncccc3C(=O)N2c2ccc(OCC)cc2)cc1. The Morgan fingerprint density at radius 1 is 1.03 bits per heavy atom. The van der Waals surface area contributed by atoms with Crippen molar-refractivity contribution < 1.29 is 19.1 Å². The highest BCUT2D eigenvalue weighted by Gasteiger charge is 2.39. The molecule has 31 heavy (non-hydrogen) atoms. The molecule has 1 aliphatic rings. The number of nitrogens with one attached hydrogen (secondary N) is 1. The van der Waals surface area contributed by atoms with Crippen LogP contribution in [0.3, 0.4) is 0 Å². The summed E-state index contributed by atoms with van der Waals surface area (Å²) in [6.45, 7) is 4.59. The molecule has 4 rings (SSSR count). The fourth-order valence-electron chi connectivity index (χ4n) is 3.53. The number of pyridine rings is 1. The number of benzene rings is 2. The van der Waals surface area contributed by atoms with E-state index in [4.69, 9.17) is 9.47 Å². The third kappa shape index (κ3) is 4.07. The summed E-state index contributed by atoms with van der Waals surface area (Å²) in [5.41, 5.74) is 3.15. The van der Waals surface area contributed by atoms with E-state index in [-0.39, 0.29) is 11.9 Å². The second-order valence-corrected chi connectivity index (χ2v) is 6.88. The number of hydrogen-bond donors (Lipinski definition) is 1. The molecular formula is C24H23N3O4. The van der Waals surface area contributed by atoms with Gasteiger partial charge < -0.3 is 14.8 Å². The molecule has 1 N–H and O–H groups in total. The van der Waals surface area contributed by atoms with Crippen molar-refractivity contribution in [1.29, 1.82) is 0 Å². The zero-order valence-electron chi connectivity index (χ0n) is 17.4. The maximum Gasteiger partial charge on any atom is 0.338 e. The number of hydrogen-bond acceptors (Lipinski definition) is 6. The molecule has 0 aliphatic carbocycles. The molecular weight excluding hydrogens is 394 g/mol. The molecule has 7 heteroatoms. The van der Waals surface area contributed by atoms with Crippen LogP contribution in [0, 0.1) is 0 Å². The van der Waals surface area contributed by atoms with E-state index in [9.17, 15) is 9.59 Å². The van der Waals surface area contributed by atoms with Crippen molar-refractivity contribution in [3.8, 4) is 5.75 Å². The van der Waals surface area contributed by atoms with Gasteiger partial charge in [0.2, 0.25) is 0 Å². The van der Waals surface area contributed by atoms with Gasteiger partial charge in [0.05, 0.1) is 30.0 Å². The summed E-state index contributed by atoms with van der Waals surface area (Å²) in [6.07, 6.45) is 1.18. The van der Waals surface area contributed by atoms with Crippen molar-refractivity contribution in [3.63, 3.8) is 0 Å². The number of carbonyl (C=O) groups excluding carboxylic acids is 2. The Balaban J connectivity index is 1.64. The predicted octanol–water partition coefficient (Wildman–Crippen LogP) is 4.43. The van der Waals surface area contributed by atoms with E-state index in [1.54, 1.807) is 54.4 Å². The van der Waals surface area contributed by atoms with Gasteiger partial charge in [-0.15, -0.1) is 0 Å². The summed E-state index contributed by atoms with van der Waals surface area (Å²) in [6, 6.07) is 17.9. The van der Waals surface area contributed by atoms with E-state index in [1.165, 1.54) is 0 Å². The van der Waals surface area contributed by atoms with Crippen LogP contribution in [0.15, 0.2) is 66.9 Å². The Bertz CT molecular complexity index is 1080.